The van der Waals surface area contributed by atoms with Crippen molar-refractivity contribution in [2.24, 2.45) is 13.0 Å². The zero-order valence-corrected chi connectivity index (χ0v) is 8.90. The molecule has 0 bridgehead atoms. The molecule has 1 aromatic rings. The van der Waals surface area contributed by atoms with Crippen LogP contribution in [0.3, 0.4) is 0 Å². The molecule has 1 aliphatic carbocycles. The molecular formula is C10H18N4. The maximum atomic E-state index is 5.85. The van der Waals surface area contributed by atoms with Gasteiger partial charge in [0.25, 0.3) is 0 Å². The molecule has 1 fully saturated rings. The van der Waals surface area contributed by atoms with Gasteiger partial charge in [0.2, 0.25) is 0 Å². The number of rotatable bonds is 3. The zero-order valence-electron chi connectivity index (χ0n) is 8.90. The monoisotopic (exact) mass is 194 g/mol. The summed E-state index contributed by atoms with van der Waals surface area (Å²) in [5, 5.41) is 4.34. The van der Waals surface area contributed by atoms with Crippen molar-refractivity contribution in [1.29, 1.82) is 0 Å². The number of aryl methyl sites for hydroxylation is 1. The van der Waals surface area contributed by atoms with Crippen molar-refractivity contribution in [3.8, 4) is 0 Å². The summed E-state index contributed by atoms with van der Waals surface area (Å²) in [6, 6.07) is 0. The van der Waals surface area contributed by atoms with Gasteiger partial charge < -0.3 is 10.6 Å². The van der Waals surface area contributed by atoms with Crippen LogP contribution in [0.25, 0.3) is 0 Å². The Morgan fingerprint density at radius 3 is 2.79 bits per heavy atom. The van der Waals surface area contributed by atoms with E-state index in [1.54, 1.807) is 4.68 Å². The lowest BCUT2D eigenvalue weighted by atomic mass is 9.85. The van der Waals surface area contributed by atoms with E-state index in [2.05, 4.69) is 17.0 Å². The van der Waals surface area contributed by atoms with Crippen LogP contribution < -0.4 is 10.6 Å². The Labute approximate surface area is 84.7 Å². The Kier molecular flexibility index (Phi) is 2.35. The summed E-state index contributed by atoms with van der Waals surface area (Å²) in [6.07, 6.45) is 5.96. The van der Waals surface area contributed by atoms with Crippen LogP contribution in [0.4, 0.5) is 11.5 Å². The molecule has 4 heteroatoms. The van der Waals surface area contributed by atoms with Crippen molar-refractivity contribution in [2.45, 2.75) is 19.3 Å². The zero-order chi connectivity index (χ0) is 10.1. The van der Waals surface area contributed by atoms with E-state index in [0.29, 0.717) is 0 Å². The molecule has 0 amide bonds. The number of aromatic nitrogens is 2. The lowest BCUT2D eigenvalue weighted by Gasteiger charge is -2.30. The molecule has 0 aliphatic heterocycles. The van der Waals surface area contributed by atoms with Crippen molar-refractivity contribution in [3.05, 3.63) is 6.20 Å². The number of hydrogen-bond donors (Lipinski definition) is 1. The molecule has 14 heavy (non-hydrogen) atoms. The van der Waals surface area contributed by atoms with Crippen LogP contribution in [0.2, 0.25) is 0 Å². The Bertz CT molecular complexity index is 314. The first-order chi connectivity index (χ1) is 6.66. The van der Waals surface area contributed by atoms with Crippen LogP contribution in [0, 0.1) is 5.92 Å². The van der Waals surface area contributed by atoms with E-state index in [-0.39, 0.29) is 0 Å². The van der Waals surface area contributed by atoms with Crippen molar-refractivity contribution >= 4 is 11.5 Å². The molecule has 1 saturated carbocycles. The predicted molar refractivity (Wildman–Crippen MR) is 58.2 cm³/mol. The molecule has 78 valence electrons. The highest BCUT2D eigenvalue weighted by Crippen LogP contribution is 2.29. The van der Waals surface area contributed by atoms with Gasteiger partial charge in [0.1, 0.15) is 0 Å². The van der Waals surface area contributed by atoms with Gasteiger partial charge in [-0.1, -0.05) is 6.42 Å². The third kappa shape index (κ3) is 1.69. The SMILES string of the molecule is CN(CC1CCC1)c1nn(C)cc1N. The lowest BCUT2D eigenvalue weighted by Crippen LogP contribution is -2.30. The second kappa shape index (κ2) is 3.52. The van der Waals surface area contributed by atoms with Gasteiger partial charge in [-0.3, -0.25) is 4.68 Å². The Morgan fingerprint density at radius 1 is 1.64 bits per heavy atom. The number of nitrogens with two attached hydrogens (primary N) is 1. The normalized spacial score (nSPS) is 16.7. The summed E-state index contributed by atoms with van der Waals surface area (Å²) in [6.45, 7) is 1.08. The van der Waals surface area contributed by atoms with E-state index in [0.717, 1.165) is 24.0 Å². The standard InChI is InChI=1S/C10H18N4/c1-13(6-8-4-3-5-8)10-9(11)7-14(2)12-10/h7-8H,3-6,11H2,1-2H3. The van der Waals surface area contributed by atoms with Crippen molar-refractivity contribution in [1.82, 2.24) is 9.78 Å². The van der Waals surface area contributed by atoms with Crippen LogP contribution in [0.5, 0.6) is 0 Å². The van der Waals surface area contributed by atoms with E-state index in [9.17, 15) is 0 Å². The third-order valence-corrected chi connectivity index (χ3v) is 2.95. The van der Waals surface area contributed by atoms with E-state index in [1.165, 1.54) is 19.3 Å². The molecule has 0 radical (unpaired) electrons. The largest absolute Gasteiger partial charge is 0.394 e. The highest BCUT2D eigenvalue weighted by atomic mass is 15.3. The fraction of sp³-hybridized carbons (Fsp3) is 0.700. The summed E-state index contributed by atoms with van der Waals surface area (Å²) < 4.78 is 1.77. The van der Waals surface area contributed by atoms with Crippen LogP contribution in [0.1, 0.15) is 19.3 Å². The Hall–Kier alpha value is -1.19. The molecule has 0 saturated heterocycles. The highest BCUT2D eigenvalue weighted by Gasteiger charge is 2.20. The fourth-order valence-electron chi connectivity index (χ4n) is 1.94. The number of anilines is 2. The van der Waals surface area contributed by atoms with Gasteiger partial charge in [0.05, 0.1) is 5.69 Å². The summed E-state index contributed by atoms with van der Waals surface area (Å²) in [7, 11) is 3.97. The van der Waals surface area contributed by atoms with Crippen LogP contribution >= 0.6 is 0 Å². The van der Waals surface area contributed by atoms with Crippen LogP contribution in [-0.4, -0.2) is 23.4 Å². The molecule has 0 unspecified atom stereocenters. The highest BCUT2D eigenvalue weighted by molar-refractivity contribution is 5.61. The topological polar surface area (TPSA) is 47.1 Å². The van der Waals surface area contributed by atoms with Gasteiger partial charge in [-0.25, -0.2) is 0 Å². The van der Waals surface area contributed by atoms with Gasteiger partial charge in [-0.15, -0.1) is 0 Å². The van der Waals surface area contributed by atoms with Crippen molar-refractivity contribution < 1.29 is 0 Å². The van der Waals surface area contributed by atoms with Gasteiger partial charge in [0.15, 0.2) is 5.82 Å². The molecule has 1 aromatic heterocycles. The minimum absolute atomic E-state index is 0.773. The third-order valence-electron chi connectivity index (χ3n) is 2.95. The molecule has 1 heterocycles. The summed E-state index contributed by atoms with van der Waals surface area (Å²) >= 11 is 0. The molecule has 2 N–H and O–H groups in total. The van der Waals surface area contributed by atoms with Gasteiger partial charge in [-0.05, 0) is 18.8 Å². The average molecular weight is 194 g/mol. The second-order valence-corrected chi connectivity index (χ2v) is 4.26. The van der Waals surface area contributed by atoms with Crippen molar-refractivity contribution in [2.75, 3.05) is 24.2 Å². The van der Waals surface area contributed by atoms with Crippen molar-refractivity contribution in [3.63, 3.8) is 0 Å². The quantitative estimate of drug-likeness (QED) is 0.787. The summed E-state index contributed by atoms with van der Waals surface area (Å²) in [5.74, 6) is 1.76. The first-order valence-corrected chi connectivity index (χ1v) is 5.17. The maximum Gasteiger partial charge on any atom is 0.173 e. The van der Waals surface area contributed by atoms with E-state index in [4.69, 9.17) is 5.73 Å². The first kappa shape index (κ1) is 9.37. The summed E-state index contributed by atoms with van der Waals surface area (Å²) in [5.41, 5.74) is 6.63. The minimum atomic E-state index is 0.773. The summed E-state index contributed by atoms with van der Waals surface area (Å²) in [4.78, 5) is 2.17. The number of nitrogen functional groups attached to an aromatic ring is 1. The smallest absolute Gasteiger partial charge is 0.173 e. The fourth-order valence-corrected chi connectivity index (χ4v) is 1.94. The van der Waals surface area contributed by atoms with Gasteiger partial charge >= 0.3 is 0 Å². The van der Waals surface area contributed by atoms with E-state index >= 15 is 0 Å². The Balaban J connectivity index is 2.02. The number of hydrogen-bond acceptors (Lipinski definition) is 3. The first-order valence-electron chi connectivity index (χ1n) is 5.17. The lowest BCUT2D eigenvalue weighted by molar-refractivity contribution is 0.321. The molecule has 4 nitrogen and oxygen atoms in total. The maximum absolute atomic E-state index is 5.85. The molecule has 0 aromatic carbocycles. The Morgan fingerprint density at radius 2 is 2.36 bits per heavy atom. The predicted octanol–water partition coefficient (Wildman–Crippen LogP) is 1.24. The van der Waals surface area contributed by atoms with Gasteiger partial charge in [-0.2, -0.15) is 5.10 Å². The molecular weight excluding hydrogens is 176 g/mol. The molecule has 1 aliphatic rings. The molecule has 0 atom stereocenters. The van der Waals surface area contributed by atoms with E-state index < -0.39 is 0 Å². The van der Waals surface area contributed by atoms with E-state index in [1.807, 2.05) is 13.2 Å². The van der Waals surface area contributed by atoms with Crippen LogP contribution in [-0.2, 0) is 7.05 Å². The number of nitrogens with zero attached hydrogens (tertiary/aromatic N) is 3. The average Bonchev–Trinajstić information content (AvgIpc) is 2.37. The van der Waals surface area contributed by atoms with Gasteiger partial charge in [0, 0.05) is 26.8 Å². The second-order valence-electron chi connectivity index (χ2n) is 4.26. The van der Waals surface area contributed by atoms with Crippen LogP contribution in [0.15, 0.2) is 6.20 Å². The molecule has 0 spiro atoms. The molecule has 2 rings (SSSR count). The minimum Gasteiger partial charge on any atom is -0.394 e.